The molecule has 1 aromatic rings. The van der Waals surface area contributed by atoms with Gasteiger partial charge in [-0.25, -0.2) is 8.78 Å². The number of hydrogen-bond donors (Lipinski definition) is 1. The first-order chi connectivity index (χ1) is 8.22. The highest BCUT2D eigenvalue weighted by atomic mass is 19.1. The first-order valence-electron chi connectivity index (χ1n) is 6.37. The summed E-state index contributed by atoms with van der Waals surface area (Å²) in [7, 11) is 0. The fourth-order valence-electron chi connectivity index (χ4n) is 2.91. The number of halogens is 2. The van der Waals surface area contributed by atoms with Gasteiger partial charge in [0.2, 0.25) is 0 Å². The Labute approximate surface area is 101 Å². The van der Waals surface area contributed by atoms with Crippen LogP contribution in [0.1, 0.15) is 43.6 Å². The molecule has 3 heteroatoms. The van der Waals surface area contributed by atoms with Crippen LogP contribution in [0, 0.1) is 17.6 Å². The zero-order valence-corrected chi connectivity index (χ0v) is 9.96. The Kier molecular flexibility index (Phi) is 4.11. The van der Waals surface area contributed by atoms with E-state index in [1.165, 1.54) is 31.4 Å². The third kappa shape index (κ3) is 2.83. The van der Waals surface area contributed by atoms with E-state index in [9.17, 15) is 8.78 Å². The third-order valence-electron chi connectivity index (χ3n) is 3.83. The summed E-state index contributed by atoms with van der Waals surface area (Å²) in [4.78, 5) is 0. The van der Waals surface area contributed by atoms with Gasteiger partial charge in [-0.05, 0) is 49.1 Å². The first-order valence-corrected chi connectivity index (χ1v) is 6.37. The number of nitrogens with two attached hydrogens (primary N) is 1. The fourth-order valence-corrected chi connectivity index (χ4v) is 2.91. The quantitative estimate of drug-likeness (QED) is 0.857. The van der Waals surface area contributed by atoms with Crippen molar-refractivity contribution in [3.8, 4) is 0 Å². The molecule has 1 aliphatic rings. The lowest BCUT2D eigenvalue weighted by Gasteiger charge is -2.30. The number of benzene rings is 1. The summed E-state index contributed by atoms with van der Waals surface area (Å²) in [6.45, 7) is 0.394. The predicted octanol–water partition coefficient (Wildman–Crippen LogP) is 3.59. The van der Waals surface area contributed by atoms with Crippen molar-refractivity contribution >= 4 is 0 Å². The zero-order valence-electron chi connectivity index (χ0n) is 9.96. The molecule has 1 saturated carbocycles. The molecule has 0 bridgehead atoms. The van der Waals surface area contributed by atoms with Crippen LogP contribution in [0.3, 0.4) is 0 Å². The molecule has 1 nitrogen and oxygen atoms in total. The van der Waals surface area contributed by atoms with Crippen LogP contribution in [-0.2, 0) is 0 Å². The fraction of sp³-hybridized carbons (Fsp3) is 0.571. The van der Waals surface area contributed by atoms with Gasteiger partial charge in [-0.2, -0.15) is 0 Å². The predicted molar refractivity (Wildman–Crippen MR) is 64.7 cm³/mol. The minimum absolute atomic E-state index is 0.0361. The van der Waals surface area contributed by atoms with Crippen LogP contribution in [0.2, 0.25) is 0 Å². The lowest BCUT2D eigenvalue weighted by molar-refractivity contribution is 0.302. The van der Waals surface area contributed by atoms with Gasteiger partial charge in [0, 0.05) is 5.92 Å². The summed E-state index contributed by atoms with van der Waals surface area (Å²) in [6, 6.07) is 3.67. The smallest absolute Gasteiger partial charge is 0.126 e. The molecule has 0 aliphatic heterocycles. The van der Waals surface area contributed by atoms with Crippen molar-refractivity contribution in [2.24, 2.45) is 11.7 Å². The standard InChI is InChI=1S/C14H19F2N/c15-11-6-7-14(16)12(8-11)13(9-17)10-4-2-1-3-5-10/h6-8,10,13H,1-5,9,17H2. The molecule has 1 fully saturated rings. The first kappa shape index (κ1) is 12.5. The second-order valence-corrected chi connectivity index (χ2v) is 4.91. The molecule has 1 aliphatic carbocycles. The molecule has 17 heavy (non-hydrogen) atoms. The van der Waals surface area contributed by atoms with E-state index in [2.05, 4.69) is 0 Å². The summed E-state index contributed by atoms with van der Waals surface area (Å²) in [6.07, 6.45) is 5.77. The molecule has 1 unspecified atom stereocenters. The van der Waals surface area contributed by atoms with E-state index in [1.807, 2.05) is 0 Å². The summed E-state index contributed by atoms with van der Waals surface area (Å²) in [5, 5.41) is 0. The van der Waals surface area contributed by atoms with E-state index in [1.54, 1.807) is 0 Å². The Balaban J connectivity index is 2.24. The highest BCUT2D eigenvalue weighted by Crippen LogP contribution is 2.36. The maximum absolute atomic E-state index is 13.7. The van der Waals surface area contributed by atoms with Crippen molar-refractivity contribution < 1.29 is 8.78 Å². The van der Waals surface area contributed by atoms with E-state index < -0.39 is 0 Å². The largest absolute Gasteiger partial charge is 0.330 e. The Morgan fingerprint density at radius 1 is 1.18 bits per heavy atom. The monoisotopic (exact) mass is 239 g/mol. The van der Waals surface area contributed by atoms with Gasteiger partial charge in [0.15, 0.2) is 0 Å². The summed E-state index contributed by atoms with van der Waals surface area (Å²) in [5.74, 6) is -0.334. The second kappa shape index (κ2) is 5.58. The SMILES string of the molecule is NCC(c1cc(F)ccc1F)C1CCCCC1. The van der Waals surface area contributed by atoms with Gasteiger partial charge in [-0.3, -0.25) is 0 Å². The number of hydrogen-bond acceptors (Lipinski definition) is 1. The lowest BCUT2D eigenvalue weighted by Crippen LogP contribution is -2.24. The normalized spacial score (nSPS) is 19.2. The summed E-state index contributed by atoms with van der Waals surface area (Å²) < 4.78 is 26.9. The van der Waals surface area contributed by atoms with Crippen LogP contribution in [0.15, 0.2) is 18.2 Å². The van der Waals surface area contributed by atoms with Crippen LogP contribution >= 0.6 is 0 Å². The molecule has 94 valence electrons. The Morgan fingerprint density at radius 2 is 1.88 bits per heavy atom. The van der Waals surface area contributed by atoms with E-state index in [0.717, 1.165) is 18.9 Å². The van der Waals surface area contributed by atoms with E-state index >= 15 is 0 Å². The van der Waals surface area contributed by atoms with Crippen LogP contribution < -0.4 is 5.73 Å². The number of rotatable bonds is 3. The average molecular weight is 239 g/mol. The molecule has 1 atom stereocenters. The maximum Gasteiger partial charge on any atom is 0.126 e. The highest BCUT2D eigenvalue weighted by Gasteiger charge is 2.26. The van der Waals surface area contributed by atoms with Gasteiger partial charge in [-0.1, -0.05) is 19.3 Å². The summed E-state index contributed by atoms with van der Waals surface area (Å²) >= 11 is 0. The Bertz CT molecular complexity index is 372. The molecular weight excluding hydrogens is 220 g/mol. The molecule has 0 saturated heterocycles. The Hall–Kier alpha value is -0.960. The topological polar surface area (TPSA) is 26.0 Å². The summed E-state index contributed by atoms with van der Waals surface area (Å²) in [5.41, 5.74) is 6.22. The van der Waals surface area contributed by atoms with Gasteiger partial charge in [0.1, 0.15) is 11.6 Å². The lowest BCUT2D eigenvalue weighted by atomic mass is 9.76. The van der Waals surface area contributed by atoms with Crippen LogP contribution in [0.25, 0.3) is 0 Å². The van der Waals surface area contributed by atoms with E-state index in [0.29, 0.717) is 18.0 Å². The molecule has 0 aromatic heterocycles. The molecular formula is C14H19F2N. The second-order valence-electron chi connectivity index (χ2n) is 4.91. The molecule has 0 amide bonds. The van der Waals surface area contributed by atoms with Crippen molar-refractivity contribution in [2.75, 3.05) is 6.54 Å². The van der Waals surface area contributed by atoms with Gasteiger partial charge in [0.05, 0.1) is 0 Å². The molecule has 1 aromatic carbocycles. The molecule has 0 heterocycles. The van der Waals surface area contributed by atoms with Crippen molar-refractivity contribution in [2.45, 2.75) is 38.0 Å². The third-order valence-corrected chi connectivity index (χ3v) is 3.83. The van der Waals surface area contributed by atoms with Crippen molar-refractivity contribution in [1.82, 2.24) is 0 Å². The molecule has 0 spiro atoms. The van der Waals surface area contributed by atoms with Gasteiger partial charge >= 0.3 is 0 Å². The van der Waals surface area contributed by atoms with Gasteiger partial charge in [-0.15, -0.1) is 0 Å². The van der Waals surface area contributed by atoms with Crippen molar-refractivity contribution in [3.05, 3.63) is 35.4 Å². The van der Waals surface area contributed by atoms with Crippen molar-refractivity contribution in [3.63, 3.8) is 0 Å². The maximum atomic E-state index is 13.7. The zero-order chi connectivity index (χ0) is 12.3. The Morgan fingerprint density at radius 3 is 2.53 bits per heavy atom. The van der Waals surface area contributed by atoms with Gasteiger partial charge in [0.25, 0.3) is 0 Å². The molecule has 2 rings (SSSR count). The molecule has 2 N–H and O–H groups in total. The molecule has 0 radical (unpaired) electrons. The van der Waals surface area contributed by atoms with Gasteiger partial charge < -0.3 is 5.73 Å². The van der Waals surface area contributed by atoms with Crippen molar-refractivity contribution in [1.29, 1.82) is 0 Å². The minimum Gasteiger partial charge on any atom is -0.330 e. The van der Waals surface area contributed by atoms with E-state index in [-0.39, 0.29) is 17.6 Å². The van der Waals surface area contributed by atoms with Crippen LogP contribution in [-0.4, -0.2) is 6.54 Å². The van der Waals surface area contributed by atoms with Crippen LogP contribution in [0.5, 0.6) is 0 Å². The minimum atomic E-state index is -0.379. The highest BCUT2D eigenvalue weighted by molar-refractivity contribution is 5.24. The average Bonchev–Trinajstić information content (AvgIpc) is 2.36. The van der Waals surface area contributed by atoms with Crippen LogP contribution in [0.4, 0.5) is 8.78 Å². The van der Waals surface area contributed by atoms with E-state index in [4.69, 9.17) is 5.73 Å².